The average Bonchev–Trinajstić information content (AvgIpc) is 3.21. The number of rotatable bonds is 5. The summed E-state index contributed by atoms with van der Waals surface area (Å²) in [6.07, 6.45) is 2.52. The van der Waals surface area contributed by atoms with E-state index in [-0.39, 0.29) is 36.9 Å². The van der Waals surface area contributed by atoms with E-state index < -0.39 is 17.3 Å². The molecule has 2 fully saturated rings. The molecule has 2 N–H and O–H groups in total. The number of alkyl carbamates (subject to hydrolysis) is 1. The number of nitrogens with one attached hydrogen (secondary N) is 1. The van der Waals surface area contributed by atoms with E-state index in [0.717, 1.165) is 19.3 Å². The zero-order valence-corrected chi connectivity index (χ0v) is 20.3. The Morgan fingerprint density at radius 2 is 1.71 bits per heavy atom. The van der Waals surface area contributed by atoms with Crippen LogP contribution in [0.1, 0.15) is 42.7 Å². The first-order chi connectivity index (χ1) is 17.0. The zero-order chi connectivity index (χ0) is 24.4. The maximum Gasteiger partial charge on any atom is 0.407 e. The van der Waals surface area contributed by atoms with Gasteiger partial charge in [-0.1, -0.05) is 55.0 Å². The number of fused-ring (bicyclic) bond motifs is 3. The van der Waals surface area contributed by atoms with Crippen LogP contribution in [0.4, 0.5) is 4.79 Å². The fourth-order valence-corrected chi connectivity index (χ4v) is 6.65. The molecular formula is C27H30N2O5S. The summed E-state index contributed by atoms with van der Waals surface area (Å²) in [5.41, 5.74) is 4.72. The maximum absolute atomic E-state index is 13.1. The van der Waals surface area contributed by atoms with Crippen molar-refractivity contribution in [1.82, 2.24) is 10.2 Å². The van der Waals surface area contributed by atoms with Gasteiger partial charge in [-0.25, -0.2) is 4.79 Å². The first kappa shape index (κ1) is 23.7. The minimum atomic E-state index is -0.869. The van der Waals surface area contributed by atoms with Gasteiger partial charge in [-0.2, -0.15) is 0 Å². The molecule has 0 aromatic heterocycles. The van der Waals surface area contributed by atoms with Gasteiger partial charge in [-0.15, -0.1) is 11.8 Å². The van der Waals surface area contributed by atoms with Crippen LogP contribution in [0.2, 0.25) is 0 Å². The van der Waals surface area contributed by atoms with Crippen LogP contribution in [0.5, 0.6) is 0 Å². The Morgan fingerprint density at radius 1 is 1.03 bits per heavy atom. The Labute approximate surface area is 209 Å². The van der Waals surface area contributed by atoms with Crippen LogP contribution in [0.3, 0.4) is 0 Å². The molecule has 2 aliphatic carbocycles. The number of carbonyl (C=O) groups excluding carboxylic acids is 2. The number of aliphatic carboxylic acids is 1. The standard InChI is InChI=1S/C27H30N2O5S/c30-25(29-12-13-35-24(15-29)26(31)32)17-6-5-7-18(14-17)28-27(33)34-16-23-21-10-3-1-8-19(21)20-9-2-4-11-22(20)23/h1-4,8-11,17-18,23-24H,5-7,12-16H2,(H,28,33)(H,31,32)/t17-,18-,24?/m1/s1. The molecule has 2 amide bonds. The molecule has 0 bridgehead atoms. The van der Waals surface area contributed by atoms with Crippen LogP contribution in [0.25, 0.3) is 11.1 Å². The predicted octanol–water partition coefficient (Wildman–Crippen LogP) is 4.11. The van der Waals surface area contributed by atoms with E-state index in [1.807, 2.05) is 24.3 Å². The van der Waals surface area contributed by atoms with Gasteiger partial charge in [0, 0.05) is 36.7 Å². The first-order valence-corrected chi connectivity index (χ1v) is 13.3. The number of carboxylic acids is 1. The summed E-state index contributed by atoms with van der Waals surface area (Å²) in [6, 6.07) is 16.3. The molecule has 1 unspecified atom stereocenters. The Hall–Kier alpha value is -3.00. The molecule has 0 spiro atoms. The van der Waals surface area contributed by atoms with E-state index in [9.17, 15) is 19.5 Å². The molecule has 2 aromatic carbocycles. The zero-order valence-electron chi connectivity index (χ0n) is 19.5. The van der Waals surface area contributed by atoms with Gasteiger partial charge in [0.1, 0.15) is 11.9 Å². The molecule has 8 heteroatoms. The summed E-state index contributed by atoms with van der Waals surface area (Å²) >= 11 is 1.39. The van der Waals surface area contributed by atoms with Gasteiger partial charge in [0.15, 0.2) is 0 Å². The van der Waals surface area contributed by atoms with Crippen molar-refractivity contribution >= 4 is 29.7 Å². The molecule has 5 rings (SSSR count). The Morgan fingerprint density at radius 3 is 2.40 bits per heavy atom. The van der Waals surface area contributed by atoms with Crippen LogP contribution in [0.15, 0.2) is 48.5 Å². The highest BCUT2D eigenvalue weighted by molar-refractivity contribution is 8.00. The van der Waals surface area contributed by atoms with Gasteiger partial charge in [-0.05, 0) is 41.5 Å². The van der Waals surface area contributed by atoms with Crippen molar-refractivity contribution in [2.75, 3.05) is 25.4 Å². The topological polar surface area (TPSA) is 95.9 Å². The molecule has 7 nitrogen and oxygen atoms in total. The molecule has 3 atom stereocenters. The number of hydrogen-bond donors (Lipinski definition) is 2. The van der Waals surface area contributed by atoms with Crippen LogP contribution >= 0.6 is 11.8 Å². The van der Waals surface area contributed by atoms with Crippen molar-refractivity contribution in [3.05, 3.63) is 59.7 Å². The average molecular weight is 495 g/mol. The minimum Gasteiger partial charge on any atom is -0.480 e. The van der Waals surface area contributed by atoms with E-state index in [4.69, 9.17) is 4.74 Å². The number of nitrogens with zero attached hydrogens (tertiary/aromatic N) is 1. The highest BCUT2D eigenvalue weighted by Crippen LogP contribution is 2.44. The fraction of sp³-hybridized carbons (Fsp3) is 0.444. The van der Waals surface area contributed by atoms with E-state index in [1.54, 1.807) is 4.90 Å². The van der Waals surface area contributed by atoms with Gasteiger partial charge < -0.3 is 20.1 Å². The van der Waals surface area contributed by atoms with Crippen molar-refractivity contribution in [3.63, 3.8) is 0 Å². The number of hydrogen-bond acceptors (Lipinski definition) is 5. The second-order valence-corrected chi connectivity index (χ2v) is 10.8. The summed E-state index contributed by atoms with van der Waals surface area (Å²) in [6.45, 7) is 1.09. The monoisotopic (exact) mass is 494 g/mol. The Kier molecular flexibility index (Phi) is 7.00. The summed E-state index contributed by atoms with van der Waals surface area (Å²) in [7, 11) is 0. The van der Waals surface area contributed by atoms with Crippen molar-refractivity contribution in [2.24, 2.45) is 5.92 Å². The minimum absolute atomic E-state index is 0.00739. The quantitative estimate of drug-likeness (QED) is 0.650. The number of benzene rings is 2. The van der Waals surface area contributed by atoms with Gasteiger partial charge in [-0.3, -0.25) is 9.59 Å². The molecule has 1 saturated carbocycles. The van der Waals surface area contributed by atoms with E-state index in [0.29, 0.717) is 18.7 Å². The van der Waals surface area contributed by atoms with E-state index >= 15 is 0 Å². The number of carbonyl (C=O) groups is 3. The molecular weight excluding hydrogens is 464 g/mol. The maximum atomic E-state index is 13.1. The van der Waals surface area contributed by atoms with E-state index in [2.05, 4.69) is 29.6 Å². The summed E-state index contributed by atoms with van der Waals surface area (Å²) in [4.78, 5) is 38.8. The van der Waals surface area contributed by atoms with Gasteiger partial charge in [0.05, 0.1) is 0 Å². The lowest BCUT2D eigenvalue weighted by Gasteiger charge is -2.36. The molecule has 3 aliphatic rings. The highest BCUT2D eigenvalue weighted by Gasteiger charge is 2.35. The first-order valence-electron chi connectivity index (χ1n) is 12.3. The lowest BCUT2D eigenvalue weighted by molar-refractivity contribution is -0.140. The largest absolute Gasteiger partial charge is 0.480 e. The van der Waals surface area contributed by atoms with Crippen molar-refractivity contribution < 1.29 is 24.2 Å². The normalized spacial score (nSPS) is 23.8. The van der Waals surface area contributed by atoms with Crippen molar-refractivity contribution in [3.8, 4) is 11.1 Å². The van der Waals surface area contributed by atoms with Crippen LogP contribution < -0.4 is 5.32 Å². The Bertz CT molecular complexity index is 1080. The summed E-state index contributed by atoms with van der Waals surface area (Å²) in [5.74, 6) is -0.411. The fourth-order valence-electron chi connectivity index (χ4n) is 5.61. The number of carboxylic acid groups (broad SMARTS) is 1. The van der Waals surface area contributed by atoms with Crippen LogP contribution in [-0.2, 0) is 14.3 Å². The van der Waals surface area contributed by atoms with Crippen molar-refractivity contribution in [1.29, 1.82) is 0 Å². The predicted molar refractivity (Wildman–Crippen MR) is 134 cm³/mol. The third kappa shape index (κ3) is 5.03. The van der Waals surface area contributed by atoms with Crippen LogP contribution in [-0.4, -0.2) is 64.7 Å². The number of amides is 2. The summed E-state index contributed by atoms with van der Waals surface area (Å²) in [5, 5.41) is 11.7. The number of ether oxygens (including phenoxy) is 1. The third-order valence-corrected chi connectivity index (χ3v) is 8.51. The second kappa shape index (κ2) is 10.3. The SMILES string of the molecule is O=C(N[C@@H]1CCC[C@@H](C(=O)N2CCSC(C(=O)O)C2)C1)OCC1c2ccccc2-c2ccccc21. The molecule has 1 aliphatic heterocycles. The summed E-state index contributed by atoms with van der Waals surface area (Å²) < 4.78 is 5.68. The molecule has 184 valence electrons. The second-order valence-electron chi connectivity index (χ2n) is 9.51. The highest BCUT2D eigenvalue weighted by atomic mass is 32.2. The lowest BCUT2D eigenvalue weighted by atomic mass is 9.84. The molecule has 35 heavy (non-hydrogen) atoms. The molecule has 1 heterocycles. The number of thioether (sulfide) groups is 1. The Balaban J connectivity index is 1.16. The van der Waals surface area contributed by atoms with Gasteiger partial charge in [0.25, 0.3) is 0 Å². The van der Waals surface area contributed by atoms with Crippen LogP contribution in [0, 0.1) is 5.92 Å². The molecule has 1 saturated heterocycles. The molecule has 0 radical (unpaired) electrons. The lowest BCUT2D eigenvalue weighted by Crippen LogP contribution is -2.49. The smallest absolute Gasteiger partial charge is 0.407 e. The van der Waals surface area contributed by atoms with Gasteiger partial charge in [0.2, 0.25) is 5.91 Å². The third-order valence-electron chi connectivity index (χ3n) is 7.34. The van der Waals surface area contributed by atoms with Gasteiger partial charge >= 0.3 is 12.1 Å². The molecule has 2 aromatic rings. The van der Waals surface area contributed by atoms with E-state index in [1.165, 1.54) is 34.0 Å². The van der Waals surface area contributed by atoms with Crippen molar-refractivity contribution in [2.45, 2.75) is 42.9 Å².